The summed E-state index contributed by atoms with van der Waals surface area (Å²) in [6.07, 6.45) is -3.62. The van der Waals surface area contributed by atoms with Crippen LogP contribution in [0.5, 0.6) is 0 Å². The molecule has 3 aromatic rings. The fourth-order valence-electron chi connectivity index (χ4n) is 2.76. The molecule has 0 amide bonds. The van der Waals surface area contributed by atoms with Gasteiger partial charge in [-0.1, -0.05) is 6.07 Å². The molecule has 1 aliphatic rings. The first kappa shape index (κ1) is 16.3. The van der Waals surface area contributed by atoms with Gasteiger partial charge in [0.05, 0.1) is 26.7 Å². The first-order valence-corrected chi connectivity index (χ1v) is 9.27. The standard InChI is InChI=1S/C16H13F3N4S2/c17-16(18,19)8-7-9(10-3-1-6-24-10)23-15-11(8)12(20)13(25-15)14-21-4-2-5-22-14/h1,3,6-7H,2,4-5,20H2,(H,21,22). The van der Waals surface area contributed by atoms with Gasteiger partial charge in [0.1, 0.15) is 10.7 Å². The van der Waals surface area contributed by atoms with Gasteiger partial charge < -0.3 is 11.1 Å². The number of aliphatic imine (C=N–C) groups is 1. The number of halogens is 3. The number of anilines is 1. The highest BCUT2D eigenvalue weighted by Crippen LogP contribution is 2.44. The molecule has 4 rings (SSSR count). The molecule has 1 aliphatic heterocycles. The van der Waals surface area contributed by atoms with E-state index in [2.05, 4.69) is 15.3 Å². The van der Waals surface area contributed by atoms with Gasteiger partial charge in [-0.2, -0.15) is 13.2 Å². The number of pyridine rings is 1. The van der Waals surface area contributed by atoms with Gasteiger partial charge in [-0.15, -0.1) is 22.7 Å². The number of rotatable bonds is 2. The van der Waals surface area contributed by atoms with Gasteiger partial charge in [-0.3, -0.25) is 4.99 Å². The summed E-state index contributed by atoms with van der Waals surface area (Å²) < 4.78 is 40.9. The van der Waals surface area contributed by atoms with Gasteiger partial charge >= 0.3 is 6.18 Å². The number of nitrogens with two attached hydrogens (primary N) is 1. The minimum Gasteiger partial charge on any atom is -0.397 e. The van der Waals surface area contributed by atoms with Crippen molar-refractivity contribution < 1.29 is 13.2 Å². The molecule has 130 valence electrons. The molecule has 0 unspecified atom stereocenters. The predicted molar refractivity (Wildman–Crippen MR) is 96.4 cm³/mol. The van der Waals surface area contributed by atoms with Crippen molar-refractivity contribution >= 4 is 44.4 Å². The first-order valence-electron chi connectivity index (χ1n) is 7.58. The molecule has 25 heavy (non-hydrogen) atoms. The van der Waals surface area contributed by atoms with Gasteiger partial charge in [-0.25, -0.2) is 4.98 Å². The lowest BCUT2D eigenvalue weighted by Gasteiger charge is -2.14. The van der Waals surface area contributed by atoms with E-state index >= 15 is 0 Å². The summed E-state index contributed by atoms with van der Waals surface area (Å²) in [6, 6.07) is 4.62. The fraction of sp³-hybridized carbons (Fsp3) is 0.250. The van der Waals surface area contributed by atoms with Crippen LogP contribution < -0.4 is 11.1 Å². The van der Waals surface area contributed by atoms with Crippen LogP contribution in [-0.2, 0) is 6.18 Å². The summed E-state index contributed by atoms with van der Waals surface area (Å²) in [5.74, 6) is 0.553. The number of aromatic nitrogens is 1. The van der Waals surface area contributed by atoms with Crippen molar-refractivity contribution in [1.29, 1.82) is 0 Å². The average Bonchev–Trinajstić information content (AvgIpc) is 3.22. The van der Waals surface area contributed by atoms with Crippen LogP contribution in [0.4, 0.5) is 18.9 Å². The van der Waals surface area contributed by atoms with E-state index in [1.165, 1.54) is 11.3 Å². The lowest BCUT2D eigenvalue weighted by atomic mass is 10.1. The Kier molecular flexibility index (Phi) is 3.92. The summed E-state index contributed by atoms with van der Waals surface area (Å²) >= 11 is 2.50. The molecular weight excluding hydrogens is 369 g/mol. The van der Waals surface area contributed by atoms with Crippen molar-refractivity contribution in [2.45, 2.75) is 12.6 Å². The first-order chi connectivity index (χ1) is 11.9. The van der Waals surface area contributed by atoms with Crippen molar-refractivity contribution in [3.05, 3.63) is 34.0 Å². The van der Waals surface area contributed by atoms with E-state index in [-0.39, 0.29) is 15.9 Å². The molecule has 0 saturated heterocycles. The molecule has 0 bridgehead atoms. The molecule has 0 spiro atoms. The summed E-state index contributed by atoms with van der Waals surface area (Å²) in [7, 11) is 0. The Morgan fingerprint density at radius 2 is 2.12 bits per heavy atom. The van der Waals surface area contributed by atoms with E-state index in [1.54, 1.807) is 12.1 Å². The maximum absolute atomic E-state index is 13.6. The third kappa shape index (κ3) is 2.87. The highest BCUT2D eigenvalue weighted by Gasteiger charge is 2.36. The number of hydrogen-bond donors (Lipinski definition) is 2. The zero-order chi connectivity index (χ0) is 17.6. The lowest BCUT2D eigenvalue weighted by molar-refractivity contribution is -0.136. The van der Waals surface area contributed by atoms with Gasteiger partial charge in [0.25, 0.3) is 0 Å². The van der Waals surface area contributed by atoms with Crippen LogP contribution in [0, 0.1) is 0 Å². The summed E-state index contributed by atoms with van der Waals surface area (Å²) in [4.78, 5) is 10.3. The molecule has 0 atom stereocenters. The molecule has 4 nitrogen and oxygen atoms in total. The Bertz CT molecular complexity index is 958. The topological polar surface area (TPSA) is 63.3 Å². The van der Waals surface area contributed by atoms with Crippen LogP contribution in [0.3, 0.4) is 0 Å². The number of nitrogens with zero attached hydrogens (tertiary/aromatic N) is 2. The van der Waals surface area contributed by atoms with Crippen LogP contribution in [0.2, 0.25) is 0 Å². The Hall–Kier alpha value is -2.13. The Morgan fingerprint density at radius 1 is 1.28 bits per heavy atom. The van der Waals surface area contributed by atoms with Crippen LogP contribution in [-0.4, -0.2) is 23.9 Å². The second-order valence-corrected chi connectivity index (χ2v) is 7.51. The van der Waals surface area contributed by atoms with E-state index in [0.717, 1.165) is 30.4 Å². The number of hydrogen-bond acceptors (Lipinski definition) is 6. The third-order valence-electron chi connectivity index (χ3n) is 3.89. The van der Waals surface area contributed by atoms with Crippen molar-refractivity contribution in [1.82, 2.24) is 10.3 Å². The summed E-state index contributed by atoms with van der Waals surface area (Å²) in [5.41, 5.74) is 5.73. The van der Waals surface area contributed by atoms with Crippen molar-refractivity contribution in [2.24, 2.45) is 4.99 Å². The average molecular weight is 382 g/mol. The minimum atomic E-state index is -4.51. The van der Waals surface area contributed by atoms with E-state index in [4.69, 9.17) is 5.73 Å². The normalized spacial score (nSPS) is 15.2. The number of thiophene rings is 2. The number of nitrogens with one attached hydrogen (secondary N) is 1. The second-order valence-electron chi connectivity index (χ2n) is 5.57. The van der Waals surface area contributed by atoms with Crippen LogP contribution in [0.15, 0.2) is 28.6 Å². The van der Waals surface area contributed by atoms with Crippen LogP contribution in [0.1, 0.15) is 16.9 Å². The molecule has 0 aliphatic carbocycles. The van der Waals surface area contributed by atoms with Gasteiger partial charge in [0, 0.05) is 18.5 Å². The number of amidine groups is 1. The van der Waals surface area contributed by atoms with Gasteiger partial charge in [-0.05, 0) is 23.9 Å². The van der Waals surface area contributed by atoms with E-state index < -0.39 is 11.7 Å². The second kappa shape index (κ2) is 5.99. The molecule has 0 radical (unpaired) electrons. The lowest BCUT2D eigenvalue weighted by Crippen LogP contribution is -2.29. The van der Waals surface area contributed by atoms with Gasteiger partial charge in [0.2, 0.25) is 0 Å². The van der Waals surface area contributed by atoms with Crippen molar-refractivity contribution in [3.8, 4) is 10.6 Å². The van der Waals surface area contributed by atoms with Crippen LogP contribution in [0.25, 0.3) is 20.8 Å². The number of nitrogen functional groups attached to an aromatic ring is 1. The van der Waals surface area contributed by atoms with Crippen LogP contribution >= 0.6 is 22.7 Å². The maximum Gasteiger partial charge on any atom is 0.417 e. The van der Waals surface area contributed by atoms with E-state index in [0.29, 0.717) is 27.8 Å². The Balaban J connectivity index is 1.98. The van der Waals surface area contributed by atoms with E-state index in [1.807, 2.05) is 5.38 Å². The molecule has 0 fully saturated rings. The predicted octanol–water partition coefficient (Wildman–Crippen LogP) is 4.37. The molecule has 4 heterocycles. The molecular formula is C16H13F3N4S2. The number of fused-ring (bicyclic) bond motifs is 1. The summed E-state index contributed by atoms with van der Waals surface area (Å²) in [6.45, 7) is 1.36. The third-order valence-corrected chi connectivity index (χ3v) is 5.89. The smallest absolute Gasteiger partial charge is 0.397 e. The maximum atomic E-state index is 13.6. The molecule has 3 aromatic heterocycles. The fourth-order valence-corrected chi connectivity index (χ4v) is 4.55. The zero-order valence-corrected chi connectivity index (χ0v) is 14.5. The Morgan fingerprint density at radius 3 is 2.76 bits per heavy atom. The van der Waals surface area contributed by atoms with Crippen molar-refractivity contribution in [3.63, 3.8) is 0 Å². The quantitative estimate of drug-likeness (QED) is 0.692. The molecule has 3 N–H and O–H groups in total. The number of alkyl halides is 3. The Labute approximate surface area is 149 Å². The summed E-state index contributed by atoms with van der Waals surface area (Å²) in [5, 5.41) is 4.88. The molecule has 9 heteroatoms. The SMILES string of the molecule is Nc1c(C2=NCCCN2)sc2nc(-c3cccs3)cc(C(F)(F)F)c12. The highest BCUT2D eigenvalue weighted by molar-refractivity contribution is 7.21. The van der Waals surface area contributed by atoms with Crippen molar-refractivity contribution in [2.75, 3.05) is 18.8 Å². The molecule has 0 aromatic carbocycles. The van der Waals surface area contributed by atoms with Gasteiger partial charge in [0.15, 0.2) is 0 Å². The minimum absolute atomic E-state index is 0.0390. The molecule has 0 saturated carbocycles. The monoisotopic (exact) mass is 382 g/mol. The highest BCUT2D eigenvalue weighted by atomic mass is 32.1. The zero-order valence-electron chi connectivity index (χ0n) is 12.9. The largest absolute Gasteiger partial charge is 0.417 e. The van der Waals surface area contributed by atoms with E-state index in [9.17, 15) is 13.2 Å².